The fraction of sp³-hybridized carbons (Fsp3) is 0.154. The first-order valence-corrected chi connectivity index (χ1v) is 5.34. The van der Waals surface area contributed by atoms with Crippen LogP contribution in [0.3, 0.4) is 0 Å². The first-order valence-electron chi connectivity index (χ1n) is 5.34. The van der Waals surface area contributed by atoms with Crippen LogP contribution in [0.2, 0.25) is 0 Å². The predicted molar refractivity (Wildman–Crippen MR) is 65.0 cm³/mol. The van der Waals surface area contributed by atoms with Gasteiger partial charge in [-0.25, -0.2) is 9.97 Å². The number of hydrogen-bond acceptors (Lipinski definition) is 3. The summed E-state index contributed by atoms with van der Waals surface area (Å²) >= 11 is 0. The van der Waals surface area contributed by atoms with Gasteiger partial charge in [-0.2, -0.15) is 0 Å². The van der Waals surface area contributed by atoms with E-state index in [4.69, 9.17) is 0 Å². The lowest BCUT2D eigenvalue weighted by molar-refractivity contribution is -0.119. The molecule has 4 nitrogen and oxygen atoms in total. The molecule has 0 aliphatic carbocycles. The molecule has 0 bridgehead atoms. The molecule has 1 aromatic heterocycles. The zero-order valence-electron chi connectivity index (χ0n) is 9.55. The van der Waals surface area contributed by atoms with Gasteiger partial charge >= 0.3 is 0 Å². The van der Waals surface area contributed by atoms with Gasteiger partial charge in [0.1, 0.15) is 6.33 Å². The van der Waals surface area contributed by atoms with Crippen molar-refractivity contribution in [3.8, 4) is 11.1 Å². The molecule has 4 heteroatoms. The van der Waals surface area contributed by atoms with Gasteiger partial charge in [0, 0.05) is 31.4 Å². The molecular weight excluding hydrogens is 214 g/mol. The van der Waals surface area contributed by atoms with Gasteiger partial charge in [-0.3, -0.25) is 4.79 Å². The van der Waals surface area contributed by atoms with Gasteiger partial charge < -0.3 is 5.32 Å². The molecule has 0 fully saturated rings. The summed E-state index contributed by atoms with van der Waals surface area (Å²) in [6.45, 7) is 2.07. The highest BCUT2D eigenvalue weighted by Crippen LogP contribution is 2.17. The number of nitrogens with one attached hydrogen (secondary N) is 1. The second-order valence-electron chi connectivity index (χ2n) is 3.73. The molecule has 0 atom stereocenters. The zero-order chi connectivity index (χ0) is 12.1. The Morgan fingerprint density at radius 3 is 2.35 bits per heavy atom. The van der Waals surface area contributed by atoms with Gasteiger partial charge in [-0.05, 0) is 11.1 Å². The minimum Gasteiger partial charge on any atom is -0.352 e. The van der Waals surface area contributed by atoms with Gasteiger partial charge in [0.2, 0.25) is 5.91 Å². The van der Waals surface area contributed by atoms with Crippen molar-refractivity contribution in [3.63, 3.8) is 0 Å². The largest absolute Gasteiger partial charge is 0.352 e. The molecule has 1 heterocycles. The van der Waals surface area contributed by atoms with E-state index >= 15 is 0 Å². The third kappa shape index (κ3) is 3.11. The first-order chi connectivity index (χ1) is 8.25. The molecule has 2 rings (SSSR count). The van der Waals surface area contributed by atoms with Crippen molar-refractivity contribution in [2.75, 3.05) is 0 Å². The topological polar surface area (TPSA) is 54.9 Å². The van der Waals surface area contributed by atoms with Crippen LogP contribution in [0.15, 0.2) is 43.0 Å². The van der Waals surface area contributed by atoms with E-state index in [0.29, 0.717) is 6.54 Å². The molecule has 0 spiro atoms. The molecule has 1 amide bonds. The summed E-state index contributed by atoms with van der Waals surface area (Å²) in [5.74, 6) is -0.0227. The van der Waals surface area contributed by atoms with Crippen LogP contribution in [0.25, 0.3) is 11.1 Å². The Morgan fingerprint density at radius 1 is 1.12 bits per heavy atom. The standard InChI is InChI=1S/C13H13N3O/c1-10(17)16-6-11-2-4-12(5-3-11)13-7-14-9-15-8-13/h2-5,7-9H,6H2,1H3,(H,16,17). The smallest absolute Gasteiger partial charge is 0.217 e. The van der Waals surface area contributed by atoms with Crippen LogP contribution < -0.4 is 5.32 Å². The predicted octanol–water partition coefficient (Wildman–Crippen LogP) is 1.78. The van der Waals surface area contributed by atoms with E-state index in [1.54, 1.807) is 12.4 Å². The molecule has 0 unspecified atom stereocenters. The van der Waals surface area contributed by atoms with Crippen LogP contribution in [0.5, 0.6) is 0 Å². The Bertz CT molecular complexity index is 494. The van der Waals surface area contributed by atoms with Crippen molar-refractivity contribution in [2.45, 2.75) is 13.5 Å². The quantitative estimate of drug-likeness (QED) is 0.869. The van der Waals surface area contributed by atoms with Crippen LogP contribution >= 0.6 is 0 Å². The van der Waals surface area contributed by atoms with Crippen LogP contribution in [-0.2, 0) is 11.3 Å². The number of amides is 1. The number of rotatable bonds is 3. The number of nitrogens with zero attached hydrogens (tertiary/aromatic N) is 2. The first kappa shape index (κ1) is 11.3. The maximum Gasteiger partial charge on any atom is 0.217 e. The summed E-state index contributed by atoms with van der Waals surface area (Å²) in [5, 5.41) is 2.76. The van der Waals surface area contributed by atoms with Gasteiger partial charge in [-0.1, -0.05) is 24.3 Å². The summed E-state index contributed by atoms with van der Waals surface area (Å²) in [5.41, 5.74) is 3.12. The summed E-state index contributed by atoms with van der Waals surface area (Å²) in [6.07, 6.45) is 5.06. The average molecular weight is 227 g/mol. The van der Waals surface area contributed by atoms with Crippen molar-refractivity contribution in [1.29, 1.82) is 0 Å². The van der Waals surface area contributed by atoms with E-state index in [1.807, 2.05) is 24.3 Å². The Kier molecular flexibility index (Phi) is 3.45. The minimum atomic E-state index is -0.0227. The second-order valence-corrected chi connectivity index (χ2v) is 3.73. The van der Waals surface area contributed by atoms with Crippen molar-refractivity contribution < 1.29 is 4.79 Å². The molecule has 0 saturated carbocycles. The van der Waals surface area contributed by atoms with E-state index < -0.39 is 0 Å². The summed E-state index contributed by atoms with van der Waals surface area (Å²) in [7, 11) is 0. The number of hydrogen-bond donors (Lipinski definition) is 1. The highest BCUT2D eigenvalue weighted by Gasteiger charge is 1.98. The maximum absolute atomic E-state index is 10.8. The summed E-state index contributed by atoms with van der Waals surface area (Å²) in [4.78, 5) is 18.7. The van der Waals surface area contributed by atoms with Gasteiger partial charge in [0.05, 0.1) is 0 Å². The van der Waals surface area contributed by atoms with Gasteiger partial charge in [0.15, 0.2) is 0 Å². The minimum absolute atomic E-state index is 0.0227. The summed E-state index contributed by atoms with van der Waals surface area (Å²) in [6, 6.07) is 7.96. The molecule has 0 radical (unpaired) electrons. The van der Waals surface area contributed by atoms with Crippen molar-refractivity contribution in [3.05, 3.63) is 48.5 Å². The van der Waals surface area contributed by atoms with Crippen LogP contribution in [0.4, 0.5) is 0 Å². The van der Waals surface area contributed by atoms with Crippen LogP contribution in [-0.4, -0.2) is 15.9 Å². The molecule has 2 aromatic rings. The Balaban J connectivity index is 2.11. The highest BCUT2D eigenvalue weighted by molar-refractivity contribution is 5.72. The van der Waals surface area contributed by atoms with Gasteiger partial charge in [-0.15, -0.1) is 0 Å². The summed E-state index contributed by atoms with van der Waals surface area (Å²) < 4.78 is 0. The van der Waals surface area contributed by atoms with Crippen molar-refractivity contribution >= 4 is 5.91 Å². The molecular formula is C13H13N3O. The molecule has 0 aliphatic heterocycles. The SMILES string of the molecule is CC(=O)NCc1ccc(-c2cncnc2)cc1. The lowest BCUT2D eigenvalue weighted by atomic mass is 10.1. The maximum atomic E-state index is 10.8. The highest BCUT2D eigenvalue weighted by atomic mass is 16.1. The fourth-order valence-corrected chi connectivity index (χ4v) is 1.49. The normalized spacial score (nSPS) is 9.94. The average Bonchev–Trinajstić information content (AvgIpc) is 2.38. The molecule has 0 saturated heterocycles. The van der Waals surface area contributed by atoms with Crippen molar-refractivity contribution in [1.82, 2.24) is 15.3 Å². The Morgan fingerprint density at radius 2 is 1.76 bits per heavy atom. The van der Waals surface area contributed by atoms with E-state index in [0.717, 1.165) is 16.7 Å². The lowest BCUT2D eigenvalue weighted by Gasteiger charge is -2.04. The van der Waals surface area contributed by atoms with Gasteiger partial charge in [0.25, 0.3) is 0 Å². The van der Waals surface area contributed by atoms with E-state index in [-0.39, 0.29) is 5.91 Å². The third-order valence-electron chi connectivity index (χ3n) is 2.39. The molecule has 86 valence electrons. The molecule has 1 aromatic carbocycles. The number of carbonyl (C=O) groups is 1. The number of aromatic nitrogens is 2. The fourth-order valence-electron chi connectivity index (χ4n) is 1.49. The van der Waals surface area contributed by atoms with E-state index in [2.05, 4.69) is 15.3 Å². The number of benzene rings is 1. The molecule has 1 N–H and O–H groups in total. The van der Waals surface area contributed by atoms with Crippen LogP contribution in [0, 0.1) is 0 Å². The van der Waals surface area contributed by atoms with E-state index in [9.17, 15) is 4.79 Å². The Labute approximate surface area is 99.7 Å². The molecule has 17 heavy (non-hydrogen) atoms. The third-order valence-corrected chi connectivity index (χ3v) is 2.39. The zero-order valence-corrected chi connectivity index (χ0v) is 9.55. The monoisotopic (exact) mass is 227 g/mol. The number of carbonyl (C=O) groups excluding carboxylic acids is 1. The molecule has 0 aliphatic rings. The van der Waals surface area contributed by atoms with E-state index in [1.165, 1.54) is 13.3 Å². The Hall–Kier alpha value is -2.23. The van der Waals surface area contributed by atoms with Crippen molar-refractivity contribution in [2.24, 2.45) is 0 Å². The van der Waals surface area contributed by atoms with Crippen LogP contribution in [0.1, 0.15) is 12.5 Å². The second kappa shape index (κ2) is 5.21. The lowest BCUT2D eigenvalue weighted by Crippen LogP contribution is -2.18.